The number of aromatic nitrogens is 2. The number of hydrogen-bond donors (Lipinski definition) is 2. The summed E-state index contributed by atoms with van der Waals surface area (Å²) in [6.45, 7) is 0. The molecule has 0 aliphatic heterocycles. The number of anilines is 1. The van der Waals surface area contributed by atoms with Crippen molar-refractivity contribution in [2.45, 2.75) is 16.8 Å². The molecule has 0 unspecified atom stereocenters. The lowest BCUT2D eigenvalue weighted by atomic mass is 9.99. The number of nitrogens with one attached hydrogen (secondary N) is 2. The minimum atomic E-state index is -0.0611. The van der Waals surface area contributed by atoms with Gasteiger partial charge in [-0.3, -0.25) is 4.79 Å². The molecule has 134 valence electrons. The van der Waals surface area contributed by atoms with E-state index in [2.05, 4.69) is 33.0 Å². The summed E-state index contributed by atoms with van der Waals surface area (Å²) < 4.78 is 0.781. The summed E-state index contributed by atoms with van der Waals surface area (Å²) in [5.74, 6) is 0.303. The predicted octanol–water partition coefficient (Wildman–Crippen LogP) is 3.77. The predicted molar refractivity (Wildman–Crippen MR) is 108 cm³/mol. The number of rotatable bonds is 8. The van der Waals surface area contributed by atoms with Crippen LogP contribution in [0.2, 0.25) is 0 Å². The zero-order chi connectivity index (χ0) is 18.2. The molecule has 3 rings (SSSR count). The normalized spacial score (nSPS) is 11.7. The van der Waals surface area contributed by atoms with E-state index in [1.54, 1.807) is 7.05 Å². The summed E-state index contributed by atoms with van der Waals surface area (Å²) in [6, 6.07) is 20.2. The highest BCUT2D eigenvalue weighted by Gasteiger charge is 2.16. The van der Waals surface area contributed by atoms with E-state index >= 15 is 0 Å². The topological polar surface area (TPSA) is 66.9 Å². The third kappa shape index (κ3) is 5.31. The zero-order valence-corrected chi connectivity index (χ0v) is 16.0. The van der Waals surface area contributed by atoms with Crippen molar-refractivity contribution < 1.29 is 4.79 Å². The lowest BCUT2D eigenvalue weighted by molar-refractivity contribution is -0.119. The number of benzene rings is 2. The number of amides is 1. The van der Waals surface area contributed by atoms with E-state index in [-0.39, 0.29) is 11.9 Å². The highest BCUT2D eigenvalue weighted by molar-refractivity contribution is 8.01. The van der Waals surface area contributed by atoms with Crippen molar-refractivity contribution in [3.63, 3.8) is 0 Å². The van der Waals surface area contributed by atoms with Gasteiger partial charge in [0, 0.05) is 7.05 Å². The lowest BCUT2D eigenvalue weighted by Crippen LogP contribution is -2.31. The van der Waals surface area contributed by atoms with E-state index in [1.807, 2.05) is 48.5 Å². The summed E-state index contributed by atoms with van der Waals surface area (Å²) in [4.78, 5) is 12.5. The summed E-state index contributed by atoms with van der Waals surface area (Å²) in [7, 11) is 1.80. The Morgan fingerprint density at radius 2 is 1.77 bits per heavy atom. The van der Waals surface area contributed by atoms with Crippen LogP contribution in [-0.4, -0.2) is 28.9 Å². The molecule has 5 nitrogen and oxygen atoms in total. The highest BCUT2D eigenvalue weighted by Crippen LogP contribution is 2.25. The molecule has 1 heterocycles. The SMILES string of the molecule is CNc1nnc(SCC(=O)N[C@@H](Cc2ccccc2)c2ccccc2)s1. The summed E-state index contributed by atoms with van der Waals surface area (Å²) in [5, 5.41) is 14.9. The molecular weight excluding hydrogens is 364 g/mol. The van der Waals surface area contributed by atoms with Crippen LogP contribution in [0.1, 0.15) is 17.2 Å². The molecule has 3 aromatic rings. The molecule has 1 aromatic heterocycles. The molecule has 0 spiro atoms. The third-order valence-corrected chi connectivity index (χ3v) is 5.84. The van der Waals surface area contributed by atoms with Gasteiger partial charge < -0.3 is 10.6 Å². The van der Waals surface area contributed by atoms with Crippen LogP contribution in [0.5, 0.6) is 0 Å². The van der Waals surface area contributed by atoms with Crippen molar-refractivity contribution in [2.24, 2.45) is 0 Å². The molecule has 2 aromatic carbocycles. The van der Waals surface area contributed by atoms with E-state index in [0.717, 1.165) is 21.5 Å². The molecule has 0 saturated carbocycles. The Hall–Kier alpha value is -2.38. The standard InChI is InChI=1S/C19H20N4OS2/c1-20-18-22-23-19(26-18)25-13-17(24)21-16(15-10-6-3-7-11-15)12-14-8-4-2-5-9-14/h2-11,16H,12-13H2,1H3,(H,20,22)(H,21,24)/t16-/m0/s1. The van der Waals surface area contributed by atoms with Gasteiger partial charge in [0.1, 0.15) is 0 Å². The fraction of sp³-hybridized carbons (Fsp3) is 0.211. The first kappa shape index (κ1) is 18.4. The van der Waals surface area contributed by atoms with Gasteiger partial charge >= 0.3 is 0 Å². The number of nitrogens with zero attached hydrogens (tertiary/aromatic N) is 2. The van der Waals surface area contributed by atoms with Crippen molar-refractivity contribution in [1.82, 2.24) is 15.5 Å². The van der Waals surface area contributed by atoms with Crippen molar-refractivity contribution in [2.75, 3.05) is 18.1 Å². The van der Waals surface area contributed by atoms with Crippen molar-refractivity contribution in [3.8, 4) is 0 Å². The van der Waals surface area contributed by atoms with E-state index < -0.39 is 0 Å². The smallest absolute Gasteiger partial charge is 0.230 e. The summed E-state index contributed by atoms with van der Waals surface area (Å²) in [5.41, 5.74) is 2.29. The molecule has 0 fully saturated rings. The summed E-state index contributed by atoms with van der Waals surface area (Å²) >= 11 is 2.84. The van der Waals surface area contributed by atoms with Crippen molar-refractivity contribution in [3.05, 3.63) is 71.8 Å². The lowest BCUT2D eigenvalue weighted by Gasteiger charge is -2.19. The Labute approximate surface area is 161 Å². The zero-order valence-electron chi connectivity index (χ0n) is 14.4. The number of carbonyl (C=O) groups excluding carboxylic acids is 1. The molecule has 0 aliphatic rings. The van der Waals surface area contributed by atoms with Gasteiger partial charge in [-0.25, -0.2) is 0 Å². The fourth-order valence-electron chi connectivity index (χ4n) is 2.52. The van der Waals surface area contributed by atoms with Gasteiger partial charge in [0.15, 0.2) is 4.34 Å². The third-order valence-electron chi connectivity index (χ3n) is 3.77. The van der Waals surface area contributed by atoms with Crippen LogP contribution < -0.4 is 10.6 Å². The maximum absolute atomic E-state index is 12.5. The van der Waals surface area contributed by atoms with Gasteiger partial charge in [-0.2, -0.15) is 0 Å². The quantitative estimate of drug-likeness (QED) is 0.579. The Morgan fingerprint density at radius 1 is 1.08 bits per heavy atom. The van der Waals surface area contributed by atoms with Crippen LogP contribution in [0.4, 0.5) is 5.13 Å². The fourth-order valence-corrected chi connectivity index (χ4v) is 4.04. The molecule has 1 amide bonds. The molecule has 26 heavy (non-hydrogen) atoms. The van der Waals surface area contributed by atoms with Crippen LogP contribution >= 0.6 is 23.1 Å². The second kappa shape index (κ2) is 9.35. The Kier molecular flexibility index (Phi) is 6.62. The Bertz CT molecular complexity index is 824. The highest BCUT2D eigenvalue weighted by atomic mass is 32.2. The van der Waals surface area contributed by atoms with E-state index in [4.69, 9.17) is 0 Å². The minimum absolute atomic E-state index is 0.0130. The average Bonchev–Trinajstić information content (AvgIpc) is 3.16. The molecule has 0 radical (unpaired) electrons. The largest absolute Gasteiger partial charge is 0.363 e. The first-order valence-corrected chi connectivity index (χ1v) is 10.1. The van der Waals surface area contributed by atoms with Crippen LogP contribution in [0.25, 0.3) is 0 Å². The summed E-state index contributed by atoms with van der Waals surface area (Å²) in [6.07, 6.45) is 0.754. The van der Waals surface area contributed by atoms with Crippen molar-refractivity contribution >= 4 is 34.1 Å². The number of carbonyl (C=O) groups is 1. The maximum Gasteiger partial charge on any atom is 0.230 e. The van der Waals surface area contributed by atoms with Gasteiger partial charge in [0.05, 0.1) is 11.8 Å². The van der Waals surface area contributed by atoms with Crippen LogP contribution in [-0.2, 0) is 11.2 Å². The van der Waals surface area contributed by atoms with Gasteiger partial charge in [-0.1, -0.05) is 83.8 Å². The molecule has 1 atom stereocenters. The second-order valence-electron chi connectivity index (χ2n) is 5.63. The minimum Gasteiger partial charge on any atom is -0.363 e. The van der Waals surface area contributed by atoms with Gasteiger partial charge in [0.2, 0.25) is 11.0 Å². The maximum atomic E-state index is 12.5. The molecule has 0 saturated heterocycles. The molecule has 0 bridgehead atoms. The second-order valence-corrected chi connectivity index (χ2v) is 7.83. The van der Waals surface area contributed by atoms with Gasteiger partial charge in [-0.05, 0) is 17.5 Å². The van der Waals surface area contributed by atoms with Crippen molar-refractivity contribution in [1.29, 1.82) is 0 Å². The molecule has 7 heteroatoms. The molecule has 0 aliphatic carbocycles. The Morgan fingerprint density at radius 3 is 2.42 bits per heavy atom. The van der Waals surface area contributed by atoms with Crippen LogP contribution in [0, 0.1) is 0 Å². The Balaban J connectivity index is 1.63. The number of hydrogen-bond acceptors (Lipinski definition) is 6. The molecular formula is C19H20N4OS2. The van der Waals surface area contributed by atoms with E-state index in [0.29, 0.717) is 5.75 Å². The van der Waals surface area contributed by atoms with E-state index in [9.17, 15) is 4.79 Å². The van der Waals surface area contributed by atoms with Crippen LogP contribution in [0.3, 0.4) is 0 Å². The van der Waals surface area contributed by atoms with Gasteiger partial charge in [0.25, 0.3) is 0 Å². The monoisotopic (exact) mass is 384 g/mol. The van der Waals surface area contributed by atoms with Gasteiger partial charge in [-0.15, -0.1) is 10.2 Å². The number of thioether (sulfide) groups is 1. The molecule has 2 N–H and O–H groups in total. The first-order valence-electron chi connectivity index (χ1n) is 8.27. The van der Waals surface area contributed by atoms with E-state index in [1.165, 1.54) is 28.7 Å². The average molecular weight is 385 g/mol. The first-order chi connectivity index (χ1) is 12.7. The van der Waals surface area contributed by atoms with Crippen LogP contribution in [0.15, 0.2) is 65.0 Å².